The first-order valence-electron chi connectivity index (χ1n) is 6.03. The number of ether oxygens (including phenoxy) is 1. The Hall–Kier alpha value is -0.260. The second-order valence-electron chi connectivity index (χ2n) is 4.90. The van der Waals surface area contributed by atoms with Gasteiger partial charge in [0.2, 0.25) is 0 Å². The lowest BCUT2D eigenvalue weighted by atomic mass is 10.1. The molecular weight excluding hydrogens is 238 g/mol. The Morgan fingerprint density at radius 3 is 2.41 bits per heavy atom. The van der Waals surface area contributed by atoms with Crippen LogP contribution in [-0.2, 0) is 9.53 Å². The molecule has 0 rings (SSSR count). The number of likely N-dealkylation sites (N-methyl/N-ethyl adjacent to an activating group) is 1. The van der Waals surface area contributed by atoms with E-state index in [2.05, 4.69) is 26.5 Å². The van der Waals surface area contributed by atoms with Gasteiger partial charge in [0.25, 0.3) is 0 Å². The highest BCUT2D eigenvalue weighted by molar-refractivity contribution is 7.80. The molecule has 0 aliphatic carbocycles. The molecule has 5 heteroatoms. The fraction of sp³-hybridized carbons (Fsp3) is 0.917. The van der Waals surface area contributed by atoms with E-state index in [1.807, 2.05) is 6.92 Å². The predicted molar refractivity (Wildman–Crippen MR) is 72.8 cm³/mol. The van der Waals surface area contributed by atoms with Crippen LogP contribution in [0.25, 0.3) is 0 Å². The van der Waals surface area contributed by atoms with E-state index in [0.29, 0.717) is 19.1 Å². The Labute approximate surface area is 110 Å². The molecule has 0 saturated heterocycles. The van der Waals surface area contributed by atoms with Crippen LogP contribution in [0.4, 0.5) is 0 Å². The molecule has 102 valence electrons. The number of aliphatic carboxylic acids is 1. The topological polar surface area (TPSA) is 49.8 Å². The molecule has 2 unspecified atom stereocenters. The third-order valence-electron chi connectivity index (χ3n) is 2.48. The maximum atomic E-state index is 11.1. The second kappa shape index (κ2) is 8.78. The van der Waals surface area contributed by atoms with Crippen molar-refractivity contribution in [2.24, 2.45) is 5.92 Å². The molecule has 0 aromatic heterocycles. The summed E-state index contributed by atoms with van der Waals surface area (Å²) in [5, 5.41) is 9.27. The second-order valence-corrected chi connectivity index (χ2v) is 5.78. The summed E-state index contributed by atoms with van der Waals surface area (Å²) >= 11 is 4.26. The lowest BCUT2D eigenvalue weighted by Gasteiger charge is -2.25. The fourth-order valence-corrected chi connectivity index (χ4v) is 1.70. The third kappa shape index (κ3) is 8.46. The molecule has 0 aliphatic rings. The van der Waals surface area contributed by atoms with E-state index >= 15 is 0 Å². The van der Waals surface area contributed by atoms with E-state index in [0.717, 1.165) is 6.42 Å². The Morgan fingerprint density at radius 1 is 1.41 bits per heavy atom. The summed E-state index contributed by atoms with van der Waals surface area (Å²) in [7, 11) is 1.79. The van der Waals surface area contributed by atoms with Gasteiger partial charge in [0.05, 0.1) is 6.61 Å². The summed E-state index contributed by atoms with van der Waals surface area (Å²) in [6, 6.07) is -0.586. The van der Waals surface area contributed by atoms with E-state index in [4.69, 9.17) is 9.84 Å². The molecular formula is C12H25NO3S. The molecule has 0 spiro atoms. The van der Waals surface area contributed by atoms with Crippen LogP contribution < -0.4 is 0 Å². The van der Waals surface area contributed by atoms with Gasteiger partial charge in [-0.25, -0.2) is 0 Å². The van der Waals surface area contributed by atoms with Gasteiger partial charge in [0.1, 0.15) is 6.04 Å². The molecule has 0 heterocycles. The first kappa shape index (κ1) is 16.7. The number of carboxylic acids is 1. The number of nitrogens with zero attached hydrogens (tertiary/aromatic N) is 1. The highest BCUT2D eigenvalue weighted by Gasteiger charge is 2.23. The minimum atomic E-state index is -0.842. The Kier molecular flexibility index (Phi) is 8.64. The van der Waals surface area contributed by atoms with Gasteiger partial charge in [-0.1, -0.05) is 20.8 Å². The SMILES string of the molecule is CC(C)CCOCC(C(=O)O)N(C)CC(C)S. The Bertz CT molecular complexity index is 222. The van der Waals surface area contributed by atoms with Crippen LogP contribution in [0.15, 0.2) is 0 Å². The predicted octanol–water partition coefficient (Wildman–Crippen LogP) is 1.75. The van der Waals surface area contributed by atoms with Crippen LogP contribution in [-0.4, -0.2) is 54.1 Å². The van der Waals surface area contributed by atoms with Gasteiger partial charge in [0.15, 0.2) is 0 Å². The van der Waals surface area contributed by atoms with Gasteiger partial charge in [0, 0.05) is 18.4 Å². The van der Waals surface area contributed by atoms with Crippen molar-refractivity contribution in [1.29, 1.82) is 0 Å². The van der Waals surface area contributed by atoms with E-state index < -0.39 is 12.0 Å². The van der Waals surface area contributed by atoms with Crippen molar-refractivity contribution in [2.75, 3.05) is 26.8 Å². The van der Waals surface area contributed by atoms with Crippen LogP contribution in [0.1, 0.15) is 27.2 Å². The van der Waals surface area contributed by atoms with Gasteiger partial charge in [-0.3, -0.25) is 9.69 Å². The highest BCUT2D eigenvalue weighted by Crippen LogP contribution is 2.05. The number of hydrogen-bond donors (Lipinski definition) is 2. The van der Waals surface area contributed by atoms with Crippen LogP contribution in [0.5, 0.6) is 0 Å². The van der Waals surface area contributed by atoms with Gasteiger partial charge < -0.3 is 9.84 Å². The lowest BCUT2D eigenvalue weighted by molar-refractivity contribution is -0.145. The molecule has 17 heavy (non-hydrogen) atoms. The van der Waals surface area contributed by atoms with E-state index in [9.17, 15) is 4.79 Å². The van der Waals surface area contributed by atoms with E-state index in [1.54, 1.807) is 11.9 Å². The van der Waals surface area contributed by atoms with Crippen molar-refractivity contribution in [3.63, 3.8) is 0 Å². The summed E-state index contributed by atoms with van der Waals surface area (Å²) in [5.74, 6) is -0.264. The summed E-state index contributed by atoms with van der Waals surface area (Å²) in [6.07, 6.45) is 0.957. The zero-order valence-corrected chi connectivity index (χ0v) is 12.1. The van der Waals surface area contributed by atoms with Gasteiger partial charge in [-0.15, -0.1) is 0 Å². The first-order chi connectivity index (χ1) is 7.84. The molecule has 0 aromatic rings. The average Bonchev–Trinajstić information content (AvgIpc) is 2.14. The smallest absolute Gasteiger partial charge is 0.323 e. The van der Waals surface area contributed by atoms with Gasteiger partial charge in [-0.2, -0.15) is 12.6 Å². The van der Waals surface area contributed by atoms with Crippen LogP contribution >= 0.6 is 12.6 Å². The minimum absolute atomic E-state index is 0.150. The third-order valence-corrected chi connectivity index (χ3v) is 2.65. The number of hydrogen-bond acceptors (Lipinski definition) is 4. The van der Waals surface area contributed by atoms with Crippen molar-refractivity contribution in [3.05, 3.63) is 0 Å². The van der Waals surface area contributed by atoms with Crippen molar-refractivity contribution in [2.45, 2.75) is 38.5 Å². The Morgan fingerprint density at radius 2 is 2.00 bits per heavy atom. The standard InChI is InChI=1S/C12H25NO3S/c1-9(2)5-6-16-8-11(12(14)15)13(4)7-10(3)17/h9-11,17H,5-8H2,1-4H3,(H,14,15). The number of carbonyl (C=O) groups is 1. The maximum absolute atomic E-state index is 11.1. The van der Waals surface area contributed by atoms with Crippen LogP contribution in [0, 0.1) is 5.92 Å². The molecule has 0 aliphatic heterocycles. The van der Waals surface area contributed by atoms with Crippen molar-refractivity contribution < 1.29 is 14.6 Å². The largest absolute Gasteiger partial charge is 0.480 e. The average molecular weight is 263 g/mol. The van der Waals surface area contributed by atoms with E-state index in [1.165, 1.54) is 0 Å². The molecule has 4 nitrogen and oxygen atoms in total. The number of carboxylic acid groups (broad SMARTS) is 1. The van der Waals surface area contributed by atoms with Gasteiger partial charge >= 0.3 is 5.97 Å². The molecule has 0 amide bonds. The molecule has 0 radical (unpaired) electrons. The Balaban J connectivity index is 4.02. The summed E-state index contributed by atoms with van der Waals surface area (Å²) in [4.78, 5) is 12.9. The fourth-order valence-electron chi connectivity index (χ4n) is 1.45. The van der Waals surface area contributed by atoms with Crippen LogP contribution in [0.3, 0.4) is 0 Å². The summed E-state index contributed by atoms with van der Waals surface area (Å²) < 4.78 is 5.42. The first-order valence-corrected chi connectivity index (χ1v) is 6.55. The zero-order chi connectivity index (χ0) is 13.4. The van der Waals surface area contributed by atoms with E-state index in [-0.39, 0.29) is 11.9 Å². The quantitative estimate of drug-likeness (QED) is 0.491. The number of rotatable bonds is 9. The normalized spacial score (nSPS) is 15.2. The molecule has 2 atom stereocenters. The van der Waals surface area contributed by atoms with Crippen molar-refractivity contribution in [3.8, 4) is 0 Å². The van der Waals surface area contributed by atoms with Crippen molar-refractivity contribution >= 4 is 18.6 Å². The minimum Gasteiger partial charge on any atom is -0.480 e. The van der Waals surface area contributed by atoms with Gasteiger partial charge in [-0.05, 0) is 19.4 Å². The summed E-state index contributed by atoms with van der Waals surface area (Å²) in [5.41, 5.74) is 0. The molecule has 0 saturated carbocycles. The van der Waals surface area contributed by atoms with Crippen LogP contribution in [0.2, 0.25) is 0 Å². The zero-order valence-electron chi connectivity index (χ0n) is 11.2. The maximum Gasteiger partial charge on any atom is 0.323 e. The molecule has 0 fully saturated rings. The lowest BCUT2D eigenvalue weighted by Crippen LogP contribution is -2.44. The molecule has 1 N–H and O–H groups in total. The molecule has 0 bridgehead atoms. The van der Waals surface area contributed by atoms with Crippen molar-refractivity contribution in [1.82, 2.24) is 4.90 Å². The summed E-state index contributed by atoms with van der Waals surface area (Å²) in [6.45, 7) is 7.66. The number of thiol groups is 1. The highest BCUT2D eigenvalue weighted by atomic mass is 32.1. The monoisotopic (exact) mass is 263 g/mol. The molecule has 0 aromatic carbocycles.